The molecule has 2 rings (SSSR count). The van der Waals surface area contributed by atoms with Gasteiger partial charge in [0.2, 0.25) is 10.0 Å². The normalized spacial score (nSPS) is 11.5. The summed E-state index contributed by atoms with van der Waals surface area (Å²) < 4.78 is 27.5. The van der Waals surface area contributed by atoms with E-state index < -0.39 is 10.0 Å². The maximum Gasteiger partial charge on any atom is 0.241 e. The summed E-state index contributed by atoms with van der Waals surface area (Å²) in [5, 5.41) is 9.18. The second-order valence-corrected chi connectivity index (χ2v) is 7.01. The third kappa shape index (κ3) is 3.59. The van der Waals surface area contributed by atoms with Crippen molar-refractivity contribution in [1.82, 2.24) is 4.72 Å². The molecule has 0 unspecified atom stereocenters. The summed E-state index contributed by atoms with van der Waals surface area (Å²) in [5.41, 5.74) is 1.75. The maximum atomic E-state index is 12.2. The molecule has 6 heteroatoms. The molecule has 0 aromatic heterocycles. The molecule has 4 nitrogen and oxygen atoms in total. The summed E-state index contributed by atoms with van der Waals surface area (Å²) >= 11 is 3.27. The van der Waals surface area contributed by atoms with Crippen LogP contribution in [0.3, 0.4) is 0 Å². The van der Waals surface area contributed by atoms with Crippen LogP contribution < -0.4 is 4.72 Å². The fraction of sp³-hybridized carbons (Fsp3) is 0.143. The van der Waals surface area contributed by atoms with Crippen molar-refractivity contribution < 1.29 is 13.5 Å². The zero-order chi connectivity index (χ0) is 14.8. The van der Waals surface area contributed by atoms with Gasteiger partial charge >= 0.3 is 0 Å². The molecule has 0 radical (unpaired) electrons. The van der Waals surface area contributed by atoms with E-state index in [1.807, 2.05) is 6.92 Å². The minimum Gasteiger partial charge on any atom is -0.508 e. The molecule has 0 fully saturated rings. The molecule has 2 N–H and O–H groups in total. The summed E-state index contributed by atoms with van der Waals surface area (Å²) in [6.07, 6.45) is 0. The van der Waals surface area contributed by atoms with Gasteiger partial charge in [0.05, 0.1) is 4.90 Å². The molecule has 0 saturated heterocycles. The first kappa shape index (κ1) is 15.0. The van der Waals surface area contributed by atoms with E-state index in [2.05, 4.69) is 20.7 Å². The third-order valence-electron chi connectivity index (χ3n) is 2.78. The van der Waals surface area contributed by atoms with E-state index in [1.165, 1.54) is 12.1 Å². The number of sulfonamides is 1. The van der Waals surface area contributed by atoms with E-state index in [1.54, 1.807) is 30.3 Å². The molecule has 2 aromatic rings. The van der Waals surface area contributed by atoms with Crippen molar-refractivity contribution in [1.29, 1.82) is 0 Å². The topological polar surface area (TPSA) is 66.4 Å². The molecule has 0 bridgehead atoms. The molecule has 0 aliphatic rings. The number of rotatable bonds is 4. The van der Waals surface area contributed by atoms with Gasteiger partial charge in [-0.1, -0.05) is 18.2 Å². The quantitative estimate of drug-likeness (QED) is 0.885. The smallest absolute Gasteiger partial charge is 0.241 e. The van der Waals surface area contributed by atoms with Crippen molar-refractivity contribution >= 4 is 26.0 Å². The Hall–Kier alpha value is -1.37. The average Bonchev–Trinajstić information content (AvgIpc) is 2.37. The van der Waals surface area contributed by atoms with Crippen molar-refractivity contribution in [2.24, 2.45) is 0 Å². The van der Waals surface area contributed by atoms with Crippen molar-refractivity contribution in [3.05, 3.63) is 58.1 Å². The molecular weight excluding hydrogens is 342 g/mol. The fourth-order valence-corrected chi connectivity index (χ4v) is 3.90. The van der Waals surface area contributed by atoms with Gasteiger partial charge in [-0.2, -0.15) is 0 Å². The minimum absolute atomic E-state index is 0.151. The highest BCUT2D eigenvalue weighted by atomic mass is 79.9. The van der Waals surface area contributed by atoms with Crippen LogP contribution >= 0.6 is 15.9 Å². The van der Waals surface area contributed by atoms with Crippen LogP contribution in [0.5, 0.6) is 5.75 Å². The van der Waals surface area contributed by atoms with Crippen LogP contribution in [0.4, 0.5) is 0 Å². The van der Waals surface area contributed by atoms with Crippen LogP contribution in [0.15, 0.2) is 51.8 Å². The Kier molecular flexibility index (Phi) is 4.47. The number of aryl methyl sites for hydroxylation is 1. The Bertz CT molecular complexity index is 712. The van der Waals surface area contributed by atoms with Gasteiger partial charge in [-0.25, -0.2) is 13.1 Å². The first-order chi connectivity index (χ1) is 9.38. The zero-order valence-electron chi connectivity index (χ0n) is 10.8. The Morgan fingerprint density at radius 2 is 1.80 bits per heavy atom. The van der Waals surface area contributed by atoms with E-state index in [9.17, 15) is 13.5 Å². The van der Waals surface area contributed by atoms with Crippen molar-refractivity contribution in [3.63, 3.8) is 0 Å². The number of phenolic OH excluding ortho intramolecular Hbond substituents is 1. The van der Waals surface area contributed by atoms with Gasteiger partial charge in [-0.3, -0.25) is 0 Å². The minimum atomic E-state index is -3.58. The van der Waals surface area contributed by atoms with Crippen molar-refractivity contribution in [2.75, 3.05) is 0 Å². The lowest BCUT2D eigenvalue weighted by Gasteiger charge is -2.09. The number of phenols is 1. The number of hydrogen-bond acceptors (Lipinski definition) is 3. The first-order valence-electron chi connectivity index (χ1n) is 5.92. The molecule has 0 heterocycles. The van der Waals surface area contributed by atoms with Crippen LogP contribution in [0.2, 0.25) is 0 Å². The van der Waals surface area contributed by atoms with Gasteiger partial charge in [0.25, 0.3) is 0 Å². The Balaban J connectivity index is 2.17. The van der Waals surface area contributed by atoms with Gasteiger partial charge in [0.15, 0.2) is 0 Å². The highest BCUT2D eigenvalue weighted by Crippen LogP contribution is 2.23. The Morgan fingerprint density at radius 1 is 1.15 bits per heavy atom. The van der Waals surface area contributed by atoms with Gasteiger partial charge in [0, 0.05) is 11.0 Å². The number of nitrogens with one attached hydrogen (secondary N) is 1. The van der Waals surface area contributed by atoms with Crippen LogP contribution in [0.1, 0.15) is 11.1 Å². The van der Waals surface area contributed by atoms with Gasteiger partial charge < -0.3 is 5.11 Å². The number of benzene rings is 2. The molecule has 20 heavy (non-hydrogen) atoms. The highest BCUT2D eigenvalue weighted by molar-refractivity contribution is 9.10. The second kappa shape index (κ2) is 5.95. The summed E-state index contributed by atoms with van der Waals surface area (Å²) in [4.78, 5) is 0.210. The molecule has 0 spiro atoms. The summed E-state index contributed by atoms with van der Waals surface area (Å²) in [5.74, 6) is 0.151. The third-order valence-corrected chi connectivity index (χ3v) is 5.16. The predicted octanol–water partition coefficient (Wildman–Crippen LogP) is 2.94. The van der Waals surface area contributed by atoms with E-state index in [4.69, 9.17) is 0 Å². The standard InChI is InChI=1S/C14H14BrNO3S/c1-10-2-7-14(13(15)8-10)20(18,19)16-9-11-3-5-12(17)6-4-11/h2-8,16-17H,9H2,1H3. The van der Waals surface area contributed by atoms with Gasteiger partial charge in [-0.05, 0) is 58.2 Å². The summed E-state index contributed by atoms with van der Waals surface area (Å²) in [7, 11) is -3.58. The second-order valence-electron chi connectivity index (χ2n) is 4.42. The van der Waals surface area contributed by atoms with Crippen LogP contribution in [-0.4, -0.2) is 13.5 Å². The lowest BCUT2D eigenvalue weighted by Crippen LogP contribution is -2.23. The average molecular weight is 356 g/mol. The van der Waals surface area contributed by atoms with Crippen molar-refractivity contribution in [2.45, 2.75) is 18.4 Å². The maximum absolute atomic E-state index is 12.2. The van der Waals surface area contributed by atoms with E-state index in [0.717, 1.165) is 11.1 Å². The number of hydrogen-bond donors (Lipinski definition) is 2. The van der Waals surface area contributed by atoms with Crippen molar-refractivity contribution in [3.8, 4) is 5.75 Å². The SMILES string of the molecule is Cc1ccc(S(=O)(=O)NCc2ccc(O)cc2)c(Br)c1. The highest BCUT2D eigenvalue weighted by Gasteiger charge is 2.17. The van der Waals surface area contributed by atoms with E-state index >= 15 is 0 Å². The molecular formula is C14H14BrNO3S. The molecule has 0 aliphatic carbocycles. The molecule has 0 saturated carbocycles. The largest absolute Gasteiger partial charge is 0.508 e. The Morgan fingerprint density at radius 3 is 2.40 bits per heavy atom. The molecule has 2 aromatic carbocycles. The monoisotopic (exact) mass is 355 g/mol. The molecule has 0 aliphatic heterocycles. The van der Waals surface area contributed by atoms with Crippen LogP contribution in [-0.2, 0) is 16.6 Å². The predicted molar refractivity (Wildman–Crippen MR) is 81.0 cm³/mol. The molecule has 106 valence electrons. The van der Waals surface area contributed by atoms with E-state index in [-0.39, 0.29) is 17.2 Å². The fourth-order valence-electron chi connectivity index (χ4n) is 1.69. The molecule has 0 atom stereocenters. The Labute approximate surface area is 126 Å². The lowest BCUT2D eigenvalue weighted by atomic mass is 10.2. The molecule has 0 amide bonds. The lowest BCUT2D eigenvalue weighted by molar-refractivity contribution is 0.475. The van der Waals surface area contributed by atoms with Crippen LogP contribution in [0.25, 0.3) is 0 Å². The summed E-state index contributed by atoms with van der Waals surface area (Å²) in [6, 6.07) is 11.5. The first-order valence-corrected chi connectivity index (χ1v) is 8.20. The number of halogens is 1. The number of aromatic hydroxyl groups is 1. The van der Waals surface area contributed by atoms with Crippen LogP contribution in [0, 0.1) is 6.92 Å². The van der Waals surface area contributed by atoms with Gasteiger partial charge in [-0.15, -0.1) is 0 Å². The summed E-state index contributed by atoms with van der Waals surface area (Å²) in [6.45, 7) is 2.06. The van der Waals surface area contributed by atoms with Gasteiger partial charge in [0.1, 0.15) is 5.75 Å². The zero-order valence-corrected chi connectivity index (χ0v) is 13.2. The van der Waals surface area contributed by atoms with E-state index in [0.29, 0.717) is 4.47 Å².